The highest BCUT2D eigenvalue weighted by molar-refractivity contribution is 6.41. The number of fused-ring (bicyclic) bond motifs is 2. The summed E-state index contributed by atoms with van der Waals surface area (Å²) in [6.45, 7) is 0. The molecule has 0 unspecified atom stereocenters. The molecule has 0 aromatic heterocycles. The van der Waals surface area contributed by atoms with Gasteiger partial charge in [0.1, 0.15) is 0 Å². The third-order valence-corrected chi connectivity index (χ3v) is 4.38. The van der Waals surface area contributed by atoms with Crippen LogP contribution in [0.1, 0.15) is 15.9 Å². The van der Waals surface area contributed by atoms with Crippen molar-refractivity contribution >= 4 is 39.8 Å². The molecule has 0 amide bonds. The number of carbonyl (C=O) groups is 1. The lowest BCUT2D eigenvalue weighted by Crippen LogP contribution is -2.10. The second kappa shape index (κ2) is 4.08. The Kier molecular flexibility index (Phi) is 2.44. The average Bonchev–Trinajstić information content (AvgIpc) is 2.45. The molecule has 1 nitrogen and oxygen atoms in total. The van der Waals surface area contributed by atoms with E-state index in [1.165, 1.54) is 0 Å². The number of carbonyl (C=O) groups excluding carboxylic acids is 1. The summed E-state index contributed by atoms with van der Waals surface area (Å²) in [5.74, 6) is -0.0585. The zero-order valence-electron chi connectivity index (χ0n) is 10.3. The second-order valence-corrected chi connectivity index (χ2v) is 5.63. The topological polar surface area (TPSA) is 17.1 Å². The zero-order chi connectivity index (χ0) is 13.9. The van der Waals surface area contributed by atoms with Gasteiger partial charge in [0.2, 0.25) is 0 Å². The lowest BCUT2D eigenvalue weighted by atomic mass is 9.83. The van der Waals surface area contributed by atoms with Crippen molar-refractivity contribution < 1.29 is 4.79 Å². The Morgan fingerprint density at radius 2 is 1.40 bits per heavy atom. The summed E-state index contributed by atoms with van der Waals surface area (Å²) < 4.78 is 0. The Morgan fingerprint density at radius 1 is 0.700 bits per heavy atom. The fourth-order valence-electron chi connectivity index (χ4n) is 2.91. The normalized spacial score (nSPS) is 12.6. The van der Waals surface area contributed by atoms with Crippen molar-refractivity contribution in [2.45, 2.75) is 0 Å². The molecular weight excluding hydrogens is 291 g/mol. The van der Waals surface area contributed by atoms with Crippen LogP contribution in [-0.2, 0) is 0 Å². The number of rotatable bonds is 0. The first kappa shape index (κ1) is 12.0. The van der Waals surface area contributed by atoms with Gasteiger partial charge in [-0.05, 0) is 23.1 Å². The Labute approximate surface area is 125 Å². The molecule has 0 aliphatic heterocycles. The van der Waals surface area contributed by atoms with Gasteiger partial charge in [-0.25, -0.2) is 0 Å². The highest BCUT2D eigenvalue weighted by Gasteiger charge is 2.28. The minimum Gasteiger partial charge on any atom is -0.289 e. The fraction of sp³-hybridized carbons (Fsp3) is 0. The van der Waals surface area contributed by atoms with Gasteiger partial charge in [0, 0.05) is 27.1 Å². The zero-order valence-corrected chi connectivity index (χ0v) is 11.8. The van der Waals surface area contributed by atoms with Crippen molar-refractivity contribution in [2.24, 2.45) is 0 Å². The Morgan fingerprint density at radius 3 is 2.25 bits per heavy atom. The van der Waals surface area contributed by atoms with Crippen LogP contribution in [0.5, 0.6) is 0 Å². The molecule has 3 heteroatoms. The molecule has 1 aliphatic rings. The van der Waals surface area contributed by atoms with Crippen molar-refractivity contribution in [3.05, 3.63) is 69.7 Å². The van der Waals surface area contributed by atoms with Crippen LogP contribution in [0, 0.1) is 0 Å². The monoisotopic (exact) mass is 298 g/mol. The summed E-state index contributed by atoms with van der Waals surface area (Å²) in [7, 11) is 0. The molecule has 96 valence electrons. The third kappa shape index (κ3) is 1.42. The number of benzene rings is 3. The van der Waals surface area contributed by atoms with Gasteiger partial charge < -0.3 is 0 Å². The van der Waals surface area contributed by atoms with Crippen molar-refractivity contribution in [2.75, 3.05) is 0 Å². The van der Waals surface area contributed by atoms with E-state index in [1.807, 2.05) is 30.3 Å². The molecule has 0 saturated carbocycles. The Hall–Kier alpha value is -1.83. The molecule has 0 radical (unpaired) electrons. The average molecular weight is 299 g/mol. The first-order chi connectivity index (χ1) is 9.68. The molecular formula is C17H8Cl2O. The van der Waals surface area contributed by atoms with E-state index in [4.69, 9.17) is 23.2 Å². The van der Waals surface area contributed by atoms with Crippen LogP contribution in [0.2, 0.25) is 10.0 Å². The summed E-state index contributed by atoms with van der Waals surface area (Å²) in [4.78, 5) is 12.7. The van der Waals surface area contributed by atoms with E-state index in [2.05, 4.69) is 0 Å². The first-order valence-corrected chi connectivity index (χ1v) is 6.99. The van der Waals surface area contributed by atoms with E-state index >= 15 is 0 Å². The Bertz CT molecular complexity index is 897. The van der Waals surface area contributed by atoms with E-state index in [0.29, 0.717) is 21.2 Å². The maximum Gasteiger partial charge on any atom is 0.195 e. The van der Waals surface area contributed by atoms with Crippen LogP contribution >= 0.6 is 23.2 Å². The summed E-state index contributed by atoms with van der Waals surface area (Å²) in [5, 5.41) is 2.97. The van der Waals surface area contributed by atoms with Crippen LogP contribution in [-0.4, -0.2) is 5.78 Å². The SMILES string of the molecule is O=C1c2cccc(Cl)c2-c2cccc3ccc(Cl)c1c23. The molecule has 3 aromatic carbocycles. The molecule has 3 aromatic rings. The predicted molar refractivity (Wildman–Crippen MR) is 82.8 cm³/mol. The Balaban J connectivity index is 2.31. The lowest BCUT2D eigenvalue weighted by Gasteiger charge is -2.21. The maximum atomic E-state index is 12.7. The summed E-state index contributed by atoms with van der Waals surface area (Å²) in [6.07, 6.45) is 0. The van der Waals surface area contributed by atoms with Gasteiger partial charge >= 0.3 is 0 Å². The predicted octanol–water partition coefficient (Wildman–Crippen LogP) is 5.36. The summed E-state index contributed by atoms with van der Waals surface area (Å²) >= 11 is 12.6. The summed E-state index contributed by atoms with van der Waals surface area (Å²) in [6, 6.07) is 15.0. The first-order valence-electron chi connectivity index (χ1n) is 6.23. The van der Waals surface area contributed by atoms with E-state index < -0.39 is 0 Å². The van der Waals surface area contributed by atoms with Gasteiger partial charge in [0.25, 0.3) is 0 Å². The van der Waals surface area contributed by atoms with E-state index in [0.717, 1.165) is 21.9 Å². The molecule has 0 bridgehead atoms. The van der Waals surface area contributed by atoms with Gasteiger partial charge in [-0.3, -0.25) is 4.79 Å². The van der Waals surface area contributed by atoms with Gasteiger partial charge in [0.05, 0.1) is 5.02 Å². The van der Waals surface area contributed by atoms with Crippen LogP contribution in [0.25, 0.3) is 21.9 Å². The van der Waals surface area contributed by atoms with E-state index in [-0.39, 0.29) is 5.78 Å². The summed E-state index contributed by atoms with van der Waals surface area (Å²) in [5.41, 5.74) is 2.97. The standard InChI is InChI=1S/C17H8Cl2O/c18-12-6-2-5-11-15(12)10-4-1-3-9-7-8-13(19)16(14(9)10)17(11)20/h1-8H. The fourth-order valence-corrected chi connectivity index (χ4v) is 3.43. The van der Waals surface area contributed by atoms with Gasteiger partial charge in [0.15, 0.2) is 5.78 Å². The van der Waals surface area contributed by atoms with Crippen molar-refractivity contribution in [3.63, 3.8) is 0 Å². The molecule has 20 heavy (non-hydrogen) atoms. The molecule has 0 fully saturated rings. The van der Waals surface area contributed by atoms with Crippen molar-refractivity contribution in [3.8, 4) is 11.1 Å². The van der Waals surface area contributed by atoms with Crippen molar-refractivity contribution in [1.29, 1.82) is 0 Å². The molecule has 0 atom stereocenters. The number of hydrogen-bond donors (Lipinski definition) is 0. The molecule has 4 rings (SSSR count). The molecule has 1 aliphatic carbocycles. The van der Waals surface area contributed by atoms with Gasteiger partial charge in [-0.15, -0.1) is 0 Å². The van der Waals surface area contributed by atoms with E-state index in [1.54, 1.807) is 18.2 Å². The van der Waals surface area contributed by atoms with Crippen LogP contribution in [0.3, 0.4) is 0 Å². The largest absolute Gasteiger partial charge is 0.289 e. The molecule has 0 heterocycles. The maximum absolute atomic E-state index is 12.7. The quantitative estimate of drug-likeness (QED) is 0.427. The van der Waals surface area contributed by atoms with E-state index in [9.17, 15) is 4.79 Å². The number of hydrogen-bond acceptors (Lipinski definition) is 1. The third-order valence-electron chi connectivity index (χ3n) is 3.75. The highest BCUT2D eigenvalue weighted by Crippen LogP contribution is 2.44. The minimum atomic E-state index is -0.0585. The lowest BCUT2D eigenvalue weighted by molar-refractivity contribution is 0.104. The van der Waals surface area contributed by atoms with Gasteiger partial charge in [-0.1, -0.05) is 59.6 Å². The number of halogens is 2. The molecule has 0 N–H and O–H groups in total. The smallest absolute Gasteiger partial charge is 0.195 e. The minimum absolute atomic E-state index is 0.0585. The van der Waals surface area contributed by atoms with Crippen LogP contribution < -0.4 is 0 Å². The second-order valence-electron chi connectivity index (χ2n) is 4.82. The van der Waals surface area contributed by atoms with Crippen LogP contribution in [0.15, 0.2) is 48.5 Å². The number of ketones is 1. The van der Waals surface area contributed by atoms with Gasteiger partial charge in [-0.2, -0.15) is 0 Å². The van der Waals surface area contributed by atoms with Crippen molar-refractivity contribution in [1.82, 2.24) is 0 Å². The van der Waals surface area contributed by atoms with Crippen LogP contribution in [0.4, 0.5) is 0 Å². The molecule has 0 spiro atoms. The molecule has 0 saturated heterocycles. The highest BCUT2D eigenvalue weighted by atomic mass is 35.5.